The highest BCUT2D eigenvalue weighted by Gasteiger charge is 2.42. The van der Waals surface area contributed by atoms with E-state index >= 15 is 0 Å². The van der Waals surface area contributed by atoms with Gasteiger partial charge in [-0.15, -0.1) is 9.24 Å². The van der Waals surface area contributed by atoms with E-state index in [4.69, 9.17) is 0 Å². The number of amides is 2. The van der Waals surface area contributed by atoms with Crippen molar-refractivity contribution < 1.29 is 9.59 Å². The van der Waals surface area contributed by atoms with Crippen LogP contribution in [-0.2, 0) is 4.79 Å². The van der Waals surface area contributed by atoms with Crippen LogP contribution in [0.25, 0.3) is 0 Å². The molecule has 19 heavy (non-hydrogen) atoms. The van der Waals surface area contributed by atoms with Crippen LogP contribution in [0.1, 0.15) is 25.7 Å². The van der Waals surface area contributed by atoms with Gasteiger partial charge in [-0.3, -0.25) is 0 Å². The Morgan fingerprint density at radius 2 is 2.26 bits per heavy atom. The summed E-state index contributed by atoms with van der Waals surface area (Å²) in [6.45, 7) is 2.17. The SMILES string of the molecule is CB(CP)C(=O)CCCCC1SCC2NC(=O)NC21. The molecule has 2 fully saturated rings. The van der Waals surface area contributed by atoms with Gasteiger partial charge in [0.1, 0.15) is 0 Å². The maximum Gasteiger partial charge on any atom is 0.315 e. The highest BCUT2D eigenvalue weighted by Crippen LogP contribution is 2.33. The minimum atomic E-state index is -0.0234. The van der Waals surface area contributed by atoms with E-state index in [1.165, 1.54) is 0 Å². The van der Waals surface area contributed by atoms with Crippen LogP contribution in [0.2, 0.25) is 6.82 Å². The number of unbranched alkanes of at least 4 members (excludes halogenated alkanes) is 1. The Morgan fingerprint density at radius 1 is 1.47 bits per heavy atom. The van der Waals surface area contributed by atoms with Gasteiger partial charge in [0.25, 0.3) is 0 Å². The Balaban J connectivity index is 1.64. The minimum absolute atomic E-state index is 0.0234. The lowest BCUT2D eigenvalue weighted by Crippen LogP contribution is -2.36. The summed E-state index contributed by atoms with van der Waals surface area (Å²) in [5.41, 5.74) is 0.378. The Kier molecular flexibility index (Phi) is 5.58. The van der Waals surface area contributed by atoms with Crippen molar-refractivity contribution >= 4 is 39.4 Å². The highest BCUT2D eigenvalue weighted by molar-refractivity contribution is 8.00. The van der Waals surface area contributed by atoms with Gasteiger partial charge in [-0.1, -0.05) is 19.3 Å². The van der Waals surface area contributed by atoms with E-state index in [1.54, 1.807) is 0 Å². The third-order valence-electron chi connectivity index (χ3n) is 4.00. The van der Waals surface area contributed by atoms with E-state index in [0.29, 0.717) is 29.4 Å². The van der Waals surface area contributed by atoms with Crippen molar-refractivity contribution in [1.82, 2.24) is 10.6 Å². The summed E-state index contributed by atoms with van der Waals surface area (Å²) in [4.78, 5) is 23.0. The lowest BCUT2D eigenvalue weighted by Gasteiger charge is -2.16. The largest absolute Gasteiger partial charge is 0.332 e. The van der Waals surface area contributed by atoms with Gasteiger partial charge in [-0.05, 0) is 19.3 Å². The van der Waals surface area contributed by atoms with E-state index < -0.39 is 0 Å². The Bertz CT molecular complexity index is 359. The monoisotopic (exact) mass is 300 g/mol. The fraction of sp³-hybridized carbons (Fsp3) is 0.833. The van der Waals surface area contributed by atoms with Crippen LogP contribution < -0.4 is 10.6 Å². The van der Waals surface area contributed by atoms with Gasteiger partial charge < -0.3 is 15.4 Å². The summed E-state index contributed by atoms with van der Waals surface area (Å²) in [7, 11) is 2.63. The standard InChI is InChI=1S/C12H22BN2O2PS/c1-13(7-18)10(16)5-3-2-4-9-11-8(6-19-9)14-12(17)15-11/h8-9,11H,2-7,18H2,1H3,(H2,14,15,17). The number of fused-ring (bicyclic) bond motifs is 1. The zero-order valence-corrected chi connectivity index (χ0v) is 13.3. The third kappa shape index (κ3) is 3.88. The number of urea groups is 1. The molecule has 0 aliphatic carbocycles. The maximum atomic E-state index is 11.7. The molecule has 106 valence electrons. The van der Waals surface area contributed by atoms with Crippen molar-refractivity contribution in [3.8, 4) is 0 Å². The van der Waals surface area contributed by atoms with Crippen molar-refractivity contribution in [1.29, 1.82) is 0 Å². The molecular weight excluding hydrogens is 278 g/mol. The normalized spacial score (nSPS) is 28.7. The summed E-state index contributed by atoms with van der Waals surface area (Å²) < 4.78 is 0. The minimum Gasteiger partial charge on any atom is -0.332 e. The van der Waals surface area contributed by atoms with Gasteiger partial charge in [0.15, 0.2) is 0 Å². The van der Waals surface area contributed by atoms with Crippen LogP contribution in [0.5, 0.6) is 0 Å². The molecule has 4 unspecified atom stereocenters. The molecule has 0 spiro atoms. The summed E-state index contributed by atoms with van der Waals surface area (Å²) in [5.74, 6) is 1.01. The first-order valence-corrected chi connectivity index (χ1v) is 8.89. The topological polar surface area (TPSA) is 58.2 Å². The molecule has 0 aromatic heterocycles. The predicted octanol–water partition coefficient (Wildman–Crippen LogP) is 1.36. The molecule has 0 saturated carbocycles. The average Bonchev–Trinajstić information content (AvgIpc) is 2.93. The van der Waals surface area contributed by atoms with Crippen molar-refractivity contribution in [2.24, 2.45) is 0 Å². The van der Waals surface area contributed by atoms with Gasteiger partial charge in [-0.2, -0.15) is 11.8 Å². The number of nitrogens with one attached hydrogen (secondary N) is 2. The molecule has 4 nitrogen and oxygen atoms in total. The Morgan fingerprint density at radius 3 is 3.00 bits per heavy atom. The molecule has 0 aromatic carbocycles. The Labute approximate surface area is 121 Å². The van der Waals surface area contributed by atoms with Crippen molar-refractivity contribution in [2.75, 3.05) is 11.8 Å². The summed E-state index contributed by atoms with van der Waals surface area (Å²) in [6.07, 6.45) is 3.84. The lowest BCUT2D eigenvalue weighted by atomic mass is 9.50. The number of rotatable bonds is 7. The predicted molar refractivity (Wildman–Crippen MR) is 85.2 cm³/mol. The first-order chi connectivity index (χ1) is 9.11. The van der Waals surface area contributed by atoms with Crippen molar-refractivity contribution in [3.05, 3.63) is 0 Å². The smallest absolute Gasteiger partial charge is 0.315 e. The number of carbonyl (C=O) groups excluding carboxylic acids is 2. The zero-order chi connectivity index (χ0) is 13.8. The molecule has 7 heteroatoms. The van der Waals surface area contributed by atoms with Crippen molar-refractivity contribution in [2.45, 2.75) is 49.8 Å². The van der Waals surface area contributed by atoms with Crippen LogP contribution in [0.3, 0.4) is 0 Å². The molecule has 4 atom stereocenters. The fourth-order valence-electron chi connectivity index (χ4n) is 2.67. The lowest BCUT2D eigenvalue weighted by molar-refractivity contribution is -0.112. The Hall–Kier alpha value is -0.215. The van der Waals surface area contributed by atoms with E-state index in [2.05, 4.69) is 19.9 Å². The van der Waals surface area contributed by atoms with Gasteiger partial charge >= 0.3 is 6.03 Å². The molecule has 0 aromatic rings. The molecule has 2 saturated heterocycles. The molecular formula is C12H22BN2O2PS. The van der Waals surface area contributed by atoms with Crippen LogP contribution >= 0.6 is 21.0 Å². The number of carbonyl (C=O) groups is 2. The van der Waals surface area contributed by atoms with Gasteiger partial charge in [0.05, 0.1) is 17.8 Å². The van der Waals surface area contributed by atoms with Gasteiger partial charge in [0.2, 0.25) is 6.71 Å². The second-order valence-electron chi connectivity index (χ2n) is 5.47. The molecule has 2 amide bonds. The van der Waals surface area contributed by atoms with Crippen LogP contribution in [0.4, 0.5) is 4.79 Å². The molecule has 2 N–H and O–H groups in total. The highest BCUT2D eigenvalue weighted by atomic mass is 32.2. The second-order valence-corrected chi connectivity index (χ2v) is 7.21. The second kappa shape index (κ2) is 6.98. The number of hydrogen-bond acceptors (Lipinski definition) is 3. The van der Waals surface area contributed by atoms with Gasteiger partial charge in [0, 0.05) is 11.0 Å². The van der Waals surface area contributed by atoms with Crippen LogP contribution in [0, 0.1) is 0 Å². The van der Waals surface area contributed by atoms with E-state index in [1.807, 2.05) is 18.6 Å². The summed E-state index contributed by atoms with van der Waals surface area (Å²) in [5, 5.41) is 6.46. The molecule has 2 heterocycles. The third-order valence-corrected chi connectivity index (χ3v) is 6.22. The van der Waals surface area contributed by atoms with E-state index in [0.717, 1.165) is 31.1 Å². The average molecular weight is 300 g/mol. The molecule has 0 radical (unpaired) electrons. The van der Waals surface area contributed by atoms with Crippen LogP contribution in [-0.4, -0.2) is 47.6 Å². The van der Waals surface area contributed by atoms with Crippen LogP contribution in [0.15, 0.2) is 0 Å². The van der Waals surface area contributed by atoms with E-state index in [9.17, 15) is 9.59 Å². The van der Waals surface area contributed by atoms with Crippen molar-refractivity contribution in [3.63, 3.8) is 0 Å². The molecule has 2 rings (SSSR count). The number of thioether (sulfide) groups is 1. The fourth-order valence-corrected chi connectivity index (χ4v) is 4.47. The molecule has 2 aliphatic rings. The quantitative estimate of drug-likeness (QED) is 0.323. The molecule has 0 bridgehead atoms. The maximum absolute atomic E-state index is 11.7. The molecule has 2 aliphatic heterocycles. The summed E-state index contributed by atoms with van der Waals surface area (Å²) >= 11 is 1.94. The first-order valence-electron chi connectivity index (χ1n) is 7.03. The van der Waals surface area contributed by atoms with Gasteiger partial charge in [-0.25, -0.2) is 4.79 Å². The first kappa shape index (κ1) is 15.2. The zero-order valence-electron chi connectivity index (χ0n) is 11.4. The summed E-state index contributed by atoms with van der Waals surface area (Å²) in [6, 6.07) is 1.43. The number of hydrogen-bond donors (Lipinski definition) is 2. The van der Waals surface area contributed by atoms with E-state index in [-0.39, 0.29) is 12.7 Å².